The van der Waals surface area contributed by atoms with Gasteiger partial charge in [-0.15, -0.1) is 0 Å². The Labute approximate surface area is 115 Å². The molecule has 1 atom stereocenters. The lowest BCUT2D eigenvalue weighted by Crippen LogP contribution is -2.34. The molecule has 1 unspecified atom stereocenters. The average Bonchev–Trinajstić information content (AvgIpc) is 2.39. The topological polar surface area (TPSA) is 51.6 Å². The third kappa shape index (κ3) is 2.44. The van der Waals surface area contributed by atoms with E-state index in [1.807, 2.05) is 0 Å². The fourth-order valence-electron chi connectivity index (χ4n) is 1.82. The van der Waals surface area contributed by atoms with Gasteiger partial charge < -0.3 is 14.6 Å². The number of ether oxygens (including phenoxy) is 2. The molecule has 1 aromatic heterocycles. The van der Waals surface area contributed by atoms with Crippen LogP contribution in [0.4, 0.5) is 8.78 Å². The molecule has 20 heavy (non-hydrogen) atoms. The zero-order valence-corrected chi connectivity index (χ0v) is 11.6. The highest BCUT2D eigenvalue weighted by Gasteiger charge is 2.26. The number of aryl methyl sites for hydroxylation is 1. The normalized spacial score (nSPS) is 14.3. The maximum atomic E-state index is 14.0. The SMILES string of the molecule is COC(C)(O)Oc1c(C)c(C)nc2ccc(F)c(F)c12. The summed E-state index contributed by atoms with van der Waals surface area (Å²) >= 11 is 0. The van der Waals surface area contributed by atoms with E-state index in [9.17, 15) is 13.9 Å². The van der Waals surface area contributed by atoms with Crippen molar-refractivity contribution >= 4 is 10.9 Å². The van der Waals surface area contributed by atoms with Crippen molar-refractivity contribution in [3.63, 3.8) is 0 Å². The first-order valence-electron chi connectivity index (χ1n) is 5.98. The van der Waals surface area contributed by atoms with Gasteiger partial charge in [0.15, 0.2) is 11.6 Å². The molecule has 2 aromatic rings. The van der Waals surface area contributed by atoms with Crippen molar-refractivity contribution in [1.29, 1.82) is 0 Å². The Morgan fingerprint density at radius 2 is 1.90 bits per heavy atom. The van der Waals surface area contributed by atoms with Crippen LogP contribution < -0.4 is 4.74 Å². The Balaban J connectivity index is 2.79. The van der Waals surface area contributed by atoms with Gasteiger partial charge in [-0.1, -0.05) is 0 Å². The zero-order valence-electron chi connectivity index (χ0n) is 11.6. The van der Waals surface area contributed by atoms with Crippen LogP contribution in [0.5, 0.6) is 5.75 Å². The molecule has 0 bridgehead atoms. The maximum absolute atomic E-state index is 14.0. The quantitative estimate of drug-likeness (QED) is 0.880. The molecule has 1 aromatic carbocycles. The van der Waals surface area contributed by atoms with E-state index in [2.05, 4.69) is 4.98 Å². The maximum Gasteiger partial charge on any atom is 0.321 e. The third-order valence-electron chi connectivity index (χ3n) is 3.14. The van der Waals surface area contributed by atoms with Gasteiger partial charge >= 0.3 is 5.97 Å². The standard InChI is InChI=1S/C14H15F2NO3/c1-7-8(2)17-10-6-5-9(15)12(16)11(10)13(7)20-14(3,18)19-4/h5-6,18H,1-4H3. The number of aliphatic hydroxyl groups is 1. The van der Waals surface area contributed by atoms with Crippen LogP contribution in [0.25, 0.3) is 10.9 Å². The van der Waals surface area contributed by atoms with Gasteiger partial charge in [0, 0.05) is 25.3 Å². The second-order valence-electron chi connectivity index (χ2n) is 4.61. The second-order valence-corrected chi connectivity index (χ2v) is 4.61. The average molecular weight is 283 g/mol. The van der Waals surface area contributed by atoms with Crippen LogP contribution in [0, 0.1) is 25.5 Å². The summed E-state index contributed by atoms with van der Waals surface area (Å²) in [6, 6.07) is 2.35. The van der Waals surface area contributed by atoms with Crippen LogP contribution in [-0.2, 0) is 4.74 Å². The fourth-order valence-corrected chi connectivity index (χ4v) is 1.82. The van der Waals surface area contributed by atoms with Crippen molar-refractivity contribution in [3.05, 3.63) is 35.0 Å². The molecule has 1 heterocycles. The second kappa shape index (κ2) is 4.96. The molecule has 1 N–H and O–H groups in total. The molecule has 0 radical (unpaired) electrons. The number of hydrogen-bond donors (Lipinski definition) is 1. The predicted octanol–water partition coefficient (Wildman–Crippen LogP) is 2.82. The monoisotopic (exact) mass is 283 g/mol. The summed E-state index contributed by atoms with van der Waals surface area (Å²) in [5.41, 5.74) is 1.33. The van der Waals surface area contributed by atoms with Crippen LogP contribution in [-0.4, -0.2) is 23.2 Å². The summed E-state index contributed by atoms with van der Waals surface area (Å²) in [5, 5.41) is 9.71. The number of pyridine rings is 1. The Morgan fingerprint density at radius 3 is 2.50 bits per heavy atom. The molecule has 108 valence electrons. The van der Waals surface area contributed by atoms with Crippen molar-refractivity contribution in [1.82, 2.24) is 4.98 Å². The summed E-state index contributed by atoms with van der Waals surface area (Å²) in [4.78, 5) is 4.18. The number of rotatable bonds is 3. The Morgan fingerprint density at radius 1 is 1.25 bits per heavy atom. The van der Waals surface area contributed by atoms with Crippen LogP contribution >= 0.6 is 0 Å². The van der Waals surface area contributed by atoms with E-state index in [0.29, 0.717) is 11.3 Å². The van der Waals surface area contributed by atoms with Crippen molar-refractivity contribution < 1.29 is 23.4 Å². The van der Waals surface area contributed by atoms with Gasteiger partial charge in [0.2, 0.25) is 0 Å². The summed E-state index contributed by atoms with van der Waals surface area (Å²) < 4.78 is 37.5. The molecule has 0 amide bonds. The molecule has 0 saturated carbocycles. The fraction of sp³-hybridized carbons (Fsp3) is 0.357. The Bertz CT molecular complexity index is 671. The minimum Gasteiger partial charge on any atom is -0.438 e. The molecule has 0 aliphatic carbocycles. The summed E-state index contributed by atoms with van der Waals surface area (Å²) in [7, 11) is 1.24. The molecule has 0 aliphatic rings. The highest BCUT2D eigenvalue weighted by molar-refractivity contribution is 5.87. The summed E-state index contributed by atoms with van der Waals surface area (Å²) in [5.74, 6) is -4.02. The van der Waals surface area contributed by atoms with E-state index >= 15 is 0 Å². The molecule has 0 aliphatic heterocycles. The van der Waals surface area contributed by atoms with E-state index < -0.39 is 17.6 Å². The lowest BCUT2D eigenvalue weighted by molar-refractivity contribution is -0.294. The van der Waals surface area contributed by atoms with Gasteiger partial charge in [0.05, 0.1) is 10.9 Å². The van der Waals surface area contributed by atoms with E-state index in [1.165, 1.54) is 20.1 Å². The molecule has 2 rings (SSSR count). The predicted molar refractivity (Wildman–Crippen MR) is 69.4 cm³/mol. The van der Waals surface area contributed by atoms with Crippen LogP contribution in [0.1, 0.15) is 18.2 Å². The van der Waals surface area contributed by atoms with E-state index in [0.717, 1.165) is 6.07 Å². The molecule has 0 fully saturated rings. The minimum atomic E-state index is -1.95. The number of aromatic nitrogens is 1. The largest absolute Gasteiger partial charge is 0.438 e. The van der Waals surface area contributed by atoms with Crippen LogP contribution in [0.15, 0.2) is 12.1 Å². The Hall–Kier alpha value is -1.79. The number of benzene rings is 1. The smallest absolute Gasteiger partial charge is 0.321 e. The van der Waals surface area contributed by atoms with Crippen molar-refractivity contribution in [3.8, 4) is 5.75 Å². The molecule has 6 heteroatoms. The molecule has 0 spiro atoms. The number of fused-ring (bicyclic) bond motifs is 1. The van der Waals surface area contributed by atoms with E-state index in [4.69, 9.17) is 9.47 Å². The molecule has 0 saturated heterocycles. The van der Waals surface area contributed by atoms with Crippen molar-refractivity contribution in [2.45, 2.75) is 26.7 Å². The first-order chi connectivity index (χ1) is 9.26. The number of nitrogens with zero attached hydrogens (tertiary/aromatic N) is 1. The first kappa shape index (κ1) is 14.6. The van der Waals surface area contributed by atoms with Crippen molar-refractivity contribution in [2.75, 3.05) is 7.11 Å². The highest BCUT2D eigenvalue weighted by Crippen LogP contribution is 2.35. The zero-order chi connectivity index (χ0) is 15.1. The molecular weight excluding hydrogens is 268 g/mol. The van der Waals surface area contributed by atoms with Gasteiger partial charge in [0.25, 0.3) is 0 Å². The number of methoxy groups -OCH3 is 1. The first-order valence-corrected chi connectivity index (χ1v) is 5.98. The number of halogens is 2. The van der Waals surface area contributed by atoms with Crippen molar-refractivity contribution in [2.24, 2.45) is 0 Å². The lowest BCUT2D eigenvalue weighted by atomic mass is 10.1. The van der Waals surface area contributed by atoms with E-state index in [1.54, 1.807) is 13.8 Å². The molecule has 4 nitrogen and oxygen atoms in total. The van der Waals surface area contributed by atoms with Gasteiger partial charge in [-0.3, -0.25) is 4.98 Å². The van der Waals surface area contributed by atoms with Gasteiger partial charge in [-0.2, -0.15) is 0 Å². The van der Waals surface area contributed by atoms with Crippen LogP contribution in [0.3, 0.4) is 0 Å². The summed E-state index contributed by atoms with van der Waals surface area (Å²) in [6.07, 6.45) is 0. The van der Waals surface area contributed by atoms with E-state index in [-0.39, 0.29) is 16.7 Å². The molecular formula is C14H15F2NO3. The highest BCUT2D eigenvalue weighted by atomic mass is 19.2. The van der Waals surface area contributed by atoms with Crippen LogP contribution in [0.2, 0.25) is 0 Å². The lowest BCUT2D eigenvalue weighted by Gasteiger charge is -2.25. The Kier molecular flexibility index (Phi) is 3.62. The number of hydrogen-bond acceptors (Lipinski definition) is 4. The van der Waals surface area contributed by atoms with Gasteiger partial charge in [-0.25, -0.2) is 8.78 Å². The van der Waals surface area contributed by atoms with Gasteiger partial charge in [0.1, 0.15) is 5.75 Å². The minimum absolute atomic E-state index is 0.0105. The van der Waals surface area contributed by atoms with Gasteiger partial charge in [-0.05, 0) is 26.0 Å². The summed E-state index contributed by atoms with van der Waals surface area (Å²) in [6.45, 7) is 4.61. The third-order valence-corrected chi connectivity index (χ3v) is 3.14.